The monoisotopic (exact) mass is 421 g/mol. The van der Waals surface area contributed by atoms with Crippen molar-refractivity contribution in [3.63, 3.8) is 0 Å². The Hall–Kier alpha value is -3.11. The molecule has 2 aromatic rings. The Balaban J connectivity index is 1.67. The van der Waals surface area contributed by atoms with Crippen molar-refractivity contribution in [1.29, 1.82) is 5.26 Å². The number of rotatable bonds is 4. The van der Waals surface area contributed by atoms with Gasteiger partial charge in [0.2, 0.25) is 5.91 Å². The minimum Gasteiger partial charge on any atom is -0.493 e. The van der Waals surface area contributed by atoms with Crippen LogP contribution in [0.2, 0.25) is 0 Å². The number of ether oxygens (including phenoxy) is 2. The molecule has 154 valence electrons. The molecule has 2 heterocycles. The van der Waals surface area contributed by atoms with E-state index in [0.717, 1.165) is 16.3 Å². The molecule has 1 atom stereocenters. The Labute approximate surface area is 180 Å². The van der Waals surface area contributed by atoms with Gasteiger partial charge in [0.15, 0.2) is 11.5 Å². The van der Waals surface area contributed by atoms with Gasteiger partial charge in [-0.15, -0.1) is 0 Å². The standard InChI is InChI=1S/C23H23N3O3S/c1-15-5-4-6-17(9-15)25-13-26-22(27)11-18(19(12-24)23(26)30-14-25)16-7-8-20(28-2)21(10-16)29-3/h4-10,18H,11,13-14H2,1-3H3/t18-/m1/s1. The summed E-state index contributed by atoms with van der Waals surface area (Å²) in [6.07, 6.45) is 0.254. The summed E-state index contributed by atoms with van der Waals surface area (Å²) >= 11 is 1.54. The summed E-state index contributed by atoms with van der Waals surface area (Å²) in [5.41, 5.74) is 3.77. The molecule has 7 heteroatoms. The molecule has 0 saturated carbocycles. The molecule has 1 fully saturated rings. The number of thioether (sulfide) groups is 1. The highest BCUT2D eigenvalue weighted by atomic mass is 32.2. The first kappa shape index (κ1) is 20.2. The minimum atomic E-state index is -0.286. The van der Waals surface area contributed by atoms with Crippen LogP contribution in [-0.4, -0.2) is 37.6 Å². The maximum absolute atomic E-state index is 13.1. The van der Waals surface area contributed by atoms with E-state index in [1.165, 1.54) is 5.56 Å². The third-order valence-corrected chi connectivity index (χ3v) is 6.62. The van der Waals surface area contributed by atoms with E-state index in [0.29, 0.717) is 29.6 Å². The van der Waals surface area contributed by atoms with Crippen molar-refractivity contribution in [2.45, 2.75) is 19.3 Å². The van der Waals surface area contributed by atoms with Crippen LogP contribution in [-0.2, 0) is 4.79 Å². The Kier molecular flexibility index (Phi) is 5.60. The van der Waals surface area contributed by atoms with Gasteiger partial charge in [-0.1, -0.05) is 30.0 Å². The van der Waals surface area contributed by atoms with E-state index in [1.807, 2.05) is 30.3 Å². The minimum absolute atomic E-state index is 0.0219. The lowest BCUT2D eigenvalue weighted by Crippen LogP contribution is -2.47. The van der Waals surface area contributed by atoms with Crippen LogP contribution in [0.5, 0.6) is 11.5 Å². The summed E-state index contributed by atoms with van der Waals surface area (Å²) in [7, 11) is 3.16. The first-order valence-corrected chi connectivity index (χ1v) is 10.6. The number of hydrogen-bond donors (Lipinski definition) is 0. The molecule has 2 aliphatic heterocycles. The molecule has 6 nitrogen and oxygen atoms in total. The zero-order valence-electron chi connectivity index (χ0n) is 17.2. The molecule has 0 bridgehead atoms. The second-order valence-electron chi connectivity index (χ2n) is 7.32. The SMILES string of the molecule is COc1ccc([C@H]2CC(=O)N3CN(c4cccc(C)c4)CSC3=C2C#N)cc1OC. The van der Waals surface area contributed by atoms with E-state index in [9.17, 15) is 10.1 Å². The number of amides is 1. The summed E-state index contributed by atoms with van der Waals surface area (Å²) in [6, 6.07) is 16.2. The van der Waals surface area contributed by atoms with Gasteiger partial charge < -0.3 is 14.4 Å². The number of methoxy groups -OCH3 is 2. The molecule has 0 aromatic heterocycles. The quantitative estimate of drug-likeness (QED) is 0.736. The highest BCUT2D eigenvalue weighted by Gasteiger charge is 2.38. The van der Waals surface area contributed by atoms with Crippen LogP contribution in [0, 0.1) is 18.3 Å². The maximum Gasteiger partial charge on any atom is 0.229 e. The van der Waals surface area contributed by atoms with Crippen molar-refractivity contribution >= 4 is 23.4 Å². The first-order valence-electron chi connectivity index (χ1n) is 9.66. The number of hydrogen-bond acceptors (Lipinski definition) is 6. The van der Waals surface area contributed by atoms with Crippen molar-refractivity contribution in [3.05, 3.63) is 64.2 Å². The number of nitrogens with zero attached hydrogens (tertiary/aromatic N) is 3. The second kappa shape index (κ2) is 8.33. The maximum atomic E-state index is 13.1. The molecule has 0 radical (unpaired) electrons. The van der Waals surface area contributed by atoms with Gasteiger partial charge in [-0.25, -0.2) is 0 Å². The zero-order valence-corrected chi connectivity index (χ0v) is 18.0. The van der Waals surface area contributed by atoms with Crippen molar-refractivity contribution in [1.82, 2.24) is 4.90 Å². The van der Waals surface area contributed by atoms with Crippen LogP contribution in [0.3, 0.4) is 0 Å². The van der Waals surface area contributed by atoms with Crippen LogP contribution in [0.1, 0.15) is 23.5 Å². The van der Waals surface area contributed by atoms with Crippen molar-refractivity contribution in [2.24, 2.45) is 0 Å². The molecule has 2 aromatic carbocycles. The predicted molar refractivity (Wildman–Crippen MR) is 117 cm³/mol. The van der Waals surface area contributed by atoms with Gasteiger partial charge in [0.05, 0.1) is 43.4 Å². The summed E-state index contributed by atoms with van der Waals surface area (Å²) < 4.78 is 10.7. The number of nitriles is 1. The molecule has 0 N–H and O–H groups in total. The smallest absolute Gasteiger partial charge is 0.229 e. The number of carbonyl (C=O) groups excluding carboxylic acids is 1. The Morgan fingerprint density at radius 2 is 1.93 bits per heavy atom. The topological polar surface area (TPSA) is 65.8 Å². The number of aryl methyl sites for hydroxylation is 1. The van der Waals surface area contributed by atoms with Crippen molar-refractivity contribution in [3.8, 4) is 17.6 Å². The van der Waals surface area contributed by atoms with E-state index in [2.05, 4.69) is 30.0 Å². The predicted octanol–water partition coefficient (Wildman–Crippen LogP) is 4.23. The van der Waals surface area contributed by atoms with Crippen LogP contribution < -0.4 is 14.4 Å². The van der Waals surface area contributed by atoms with Gasteiger partial charge >= 0.3 is 0 Å². The summed E-state index contributed by atoms with van der Waals surface area (Å²) in [6.45, 7) is 2.51. The van der Waals surface area contributed by atoms with Crippen LogP contribution >= 0.6 is 11.8 Å². The van der Waals surface area contributed by atoms with E-state index in [4.69, 9.17) is 9.47 Å². The third-order valence-electron chi connectivity index (χ3n) is 5.47. The highest BCUT2D eigenvalue weighted by Crippen LogP contribution is 2.44. The lowest BCUT2D eigenvalue weighted by molar-refractivity contribution is -0.129. The Morgan fingerprint density at radius 1 is 1.13 bits per heavy atom. The average molecular weight is 422 g/mol. The molecule has 0 unspecified atom stereocenters. The number of benzene rings is 2. The second-order valence-corrected chi connectivity index (χ2v) is 8.25. The van der Waals surface area contributed by atoms with Gasteiger partial charge in [0.1, 0.15) is 0 Å². The fourth-order valence-electron chi connectivity index (χ4n) is 3.90. The Morgan fingerprint density at radius 3 is 2.63 bits per heavy atom. The van der Waals surface area contributed by atoms with Crippen LogP contribution in [0.4, 0.5) is 5.69 Å². The van der Waals surface area contributed by atoms with Crippen LogP contribution in [0.15, 0.2) is 53.1 Å². The van der Waals surface area contributed by atoms with Crippen molar-refractivity contribution < 1.29 is 14.3 Å². The highest BCUT2D eigenvalue weighted by molar-refractivity contribution is 8.03. The van der Waals surface area contributed by atoms with E-state index in [-0.39, 0.29) is 18.2 Å². The lowest BCUT2D eigenvalue weighted by atomic mass is 9.86. The lowest BCUT2D eigenvalue weighted by Gasteiger charge is -2.42. The zero-order chi connectivity index (χ0) is 21.3. The van der Waals surface area contributed by atoms with Gasteiger partial charge in [0.25, 0.3) is 0 Å². The fourth-order valence-corrected chi connectivity index (χ4v) is 5.07. The van der Waals surface area contributed by atoms with Gasteiger partial charge in [-0.2, -0.15) is 5.26 Å². The van der Waals surface area contributed by atoms with E-state index in [1.54, 1.807) is 30.9 Å². The molecular formula is C23H23N3O3S. The molecule has 0 spiro atoms. The number of fused-ring (bicyclic) bond motifs is 1. The van der Waals surface area contributed by atoms with E-state index < -0.39 is 0 Å². The van der Waals surface area contributed by atoms with Gasteiger partial charge in [-0.3, -0.25) is 9.69 Å². The number of anilines is 1. The third kappa shape index (κ3) is 3.59. The van der Waals surface area contributed by atoms with Crippen molar-refractivity contribution in [2.75, 3.05) is 31.7 Å². The molecule has 30 heavy (non-hydrogen) atoms. The molecule has 1 saturated heterocycles. The first-order chi connectivity index (χ1) is 14.5. The number of allylic oxidation sites excluding steroid dienone is 1. The normalized spacial score (nSPS) is 18.7. The summed E-state index contributed by atoms with van der Waals surface area (Å²) in [5.74, 6) is 1.64. The summed E-state index contributed by atoms with van der Waals surface area (Å²) in [4.78, 5) is 17.0. The molecular weight excluding hydrogens is 398 g/mol. The van der Waals surface area contributed by atoms with E-state index >= 15 is 0 Å². The molecule has 2 aliphatic rings. The average Bonchev–Trinajstić information content (AvgIpc) is 2.78. The molecule has 1 amide bonds. The van der Waals surface area contributed by atoms with Gasteiger partial charge in [0, 0.05) is 18.0 Å². The Bertz CT molecular complexity index is 1060. The van der Waals surface area contributed by atoms with Gasteiger partial charge in [-0.05, 0) is 42.3 Å². The molecule has 4 rings (SSSR count). The number of carbonyl (C=O) groups is 1. The fraction of sp³-hybridized carbons (Fsp3) is 0.304. The van der Waals surface area contributed by atoms with Crippen LogP contribution in [0.25, 0.3) is 0 Å². The summed E-state index contributed by atoms with van der Waals surface area (Å²) in [5, 5.41) is 10.7. The largest absolute Gasteiger partial charge is 0.493 e. The molecule has 0 aliphatic carbocycles.